The molecule has 15 aromatic rings. The lowest BCUT2D eigenvalue weighted by atomic mass is 10.0. The van der Waals surface area contributed by atoms with Crippen LogP contribution in [-0.2, 0) is 0 Å². The van der Waals surface area contributed by atoms with Crippen LogP contribution >= 0.6 is 0 Å². The topological polar surface area (TPSA) is 96.5 Å². The Morgan fingerprint density at radius 3 is 1.59 bits per heavy atom. The lowest BCUT2D eigenvalue weighted by molar-refractivity contribution is 0.673. The number of fused-ring (bicyclic) bond motifs is 13. The molecular weight excluding hydrogens is 1040 g/mol. The van der Waals surface area contributed by atoms with Crippen molar-refractivity contribution in [3.05, 3.63) is 312 Å². The van der Waals surface area contributed by atoms with E-state index in [1.165, 1.54) is 5.39 Å². The molecule has 0 spiro atoms. The highest BCUT2D eigenvalue weighted by Gasteiger charge is 2.31. The Bertz CT molecular complexity index is 5290. The molecule has 0 saturated carbocycles. The number of amidine groups is 4. The van der Waals surface area contributed by atoms with E-state index in [1.807, 2.05) is 36.4 Å². The predicted octanol–water partition coefficient (Wildman–Crippen LogP) is 17.6. The Kier molecular flexibility index (Phi) is 11.2. The summed E-state index contributed by atoms with van der Waals surface area (Å²) in [7, 11) is 0. The van der Waals surface area contributed by atoms with E-state index in [9.17, 15) is 0 Å². The molecule has 0 aliphatic carbocycles. The molecule has 2 aliphatic rings. The van der Waals surface area contributed by atoms with Crippen molar-refractivity contribution in [1.29, 1.82) is 0 Å². The first-order valence-electron chi connectivity index (χ1n) is 28.8. The number of aromatic nitrogens is 2. The van der Waals surface area contributed by atoms with Gasteiger partial charge in [-0.1, -0.05) is 231 Å². The van der Waals surface area contributed by atoms with Gasteiger partial charge in [-0.3, -0.25) is 0 Å². The van der Waals surface area contributed by atoms with Crippen LogP contribution in [-0.4, -0.2) is 32.5 Å². The minimum absolute atomic E-state index is 0.450. The molecule has 9 nitrogen and oxygen atoms in total. The number of benzene rings is 12. The van der Waals surface area contributed by atoms with E-state index >= 15 is 0 Å². The van der Waals surface area contributed by atoms with Crippen LogP contribution in [0, 0.1) is 0 Å². The van der Waals surface area contributed by atoms with Crippen molar-refractivity contribution in [1.82, 2.24) is 19.8 Å². The molecule has 17 rings (SSSR count). The Balaban J connectivity index is 0.964. The number of aliphatic imine (C=N–C) groups is 4. The van der Waals surface area contributed by atoms with E-state index in [0.717, 1.165) is 127 Å². The maximum atomic E-state index is 7.27. The Hall–Kier alpha value is -11.4. The monoisotopic (exact) mass is 1090 g/mol. The van der Waals surface area contributed by atoms with Gasteiger partial charge in [-0.15, -0.1) is 0 Å². The van der Waals surface area contributed by atoms with Crippen LogP contribution in [0.4, 0.5) is 0 Å². The maximum Gasteiger partial charge on any atom is 0.161 e. The van der Waals surface area contributed by atoms with Crippen molar-refractivity contribution in [2.75, 3.05) is 0 Å². The molecule has 2 aliphatic heterocycles. The predicted molar refractivity (Wildman–Crippen MR) is 349 cm³/mol. The molecule has 0 fully saturated rings. The van der Waals surface area contributed by atoms with Gasteiger partial charge in [-0.2, -0.15) is 0 Å². The second kappa shape index (κ2) is 19.6. The number of nitrogens with one attached hydrogen (secondary N) is 2. The minimum atomic E-state index is -0.467. The largest absolute Gasteiger partial charge is 0.455 e. The lowest BCUT2D eigenvalue weighted by Gasteiger charge is -2.26. The van der Waals surface area contributed by atoms with Crippen molar-refractivity contribution in [3.63, 3.8) is 0 Å². The van der Waals surface area contributed by atoms with E-state index in [-0.39, 0.29) is 0 Å². The summed E-state index contributed by atoms with van der Waals surface area (Å²) in [5, 5.41) is 16.3. The van der Waals surface area contributed by atoms with Crippen molar-refractivity contribution < 1.29 is 4.42 Å². The average Bonchev–Trinajstić information content (AvgIpc) is 1.68. The number of hydrogen-bond acceptors (Lipinski definition) is 7. The highest BCUT2D eigenvalue weighted by Crippen LogP contribution is 2.50. The van der Waals surface area contributed by atoms with Crippen molar-refractivity contribution >= 4 is 99.7 Å². The van der Waals surface area contributed by atoms with Crippen molar-refractivity contribution in [2.24, 2.45) is 20.0 Å². The molecule has 2 atom stereocenters. The lowest BCUT2D eigenvalue weighted by Crippen LogP contribution is -2.34. The van der Waals surface area contributed by atoms with Gasteiger partial charge in [-0.05, 0) is 81.6 Å². The van der Waals surface area contributed by atoms with E-state index in [4.69, 9.17) is 24.4 Å². The zero-order valence-electron chi connectivity index (χ0n) is 45.8. The van der Waals surface area contributed by atoms with Gasteiger partial charge >= 0.3 is 0 Å². The molecule has 0 amide bonds. The molecule has 12 aromatic carbocycles. The third-order valence-corrected chi connectivity index (χ3v) is 16.8. The zero-order chi connectivity index (χ0) is 56.0. The van der Waals surface area contributed by atoms with E-state index < -0.39 is 12.3 Å². The second-order valence-electron chi connectivity index (χ2n) is 21.8. The van der Waals surface area contributed by atoms with E-state index in [2.05, 4.69) is 262 Å². The average molecular weight is 1090 g/mol. The van der Waals surface area contributed by atoms with Gasteiger partial charge in [0.2, 0.25) is 0 Å². The third-order valence-electron chi connectivity index (χ3n) is 16.8. The second-order valence-corrected chi connectivity index (χ2v) is 21.8. The first-order valence-corrected chi connectivity index (χ1v) is 28.8. The Morgan fingerprint density at radius 2 is 0.859 bits per heavy atom. The van der Waals surface area contributed by atoms with Gasteiger partial charge in [0.05, 0.1) is 38.5 Å². The van der Waals surface area contributed by atoms with Gasteiger partial charge in [-0.25, -0.2) is 20.0 Å². The van der Waals surface area contributed by atoms with Crippen LogP contribution in [0.15, 0.2) is 303 Å². The van der Waals surface area contributed by atoms with Crippen molar-refractivity contribution in [2.45, 2.75) is 12.3 Å². The number of hydrogen-bond donors (Lipinski definition) is 2. The van der Waals surface area contributed by atoms with Crippen LogP contribution < -0.4 is 10.6 Å². The molecule has 0 bridgehead atoms. The number of nitrogens with zero attached hydrogens (tertiary/aromatic N) is 6. The molecule has 0 saturated heterocycles. The van der Waals surface area contributed by atoms with Crippen LogP contribution in [0.1, 0.15) is 45.7 Å². The molecule has 9 heteroatoms. The SMILES string of the molecule is c1ccc(C2=NC(c3ccc(-c4ccccc4)cc3)NC(c3ccc(-n4c5ccccc5c5c6oc7ccccc7c6c6c(c7ccccc7n6-c6ccc7ccccc7c6)c54)c(C4=NC(c5ccccc5)NC(c5ccccc5)=N4)c3)=N2)cc1. The molecule has 2 unspecified atom stereocenters. The van der Waals surface area contributed by atoms with Gasteiger partial charge < -0.3 is 24.2 Å². The van der Waals surface area contributed by atoms with Gasteiger partial charge in [0, 0.05) is 49.5 Å². The number of rotatable bonds is 9. The number of furan rings is 1. The highest BCUT2D eigenvalue weighted by atomic mass is 16.3. The summed E-state index contributed by atoms with van der Waals surface area (Å²) < 4.78 is 12.2. The Morgan fingerprint density at radius 1 is 0.353 bits per heavy atom. The molecule has 3 aromatic heterocycles. The van der Waals surface area contributed by atoms with E-state index in [1.54, 1.807) is 0 Å². The van der Waals surface area contributed by atoms with E-state index in [0.29, 0.717) is 23.3 Å². The first-order chi connectivity index (χ1) is 42.1. The summed E-state index contributed by atoms with van der Waals surface area (Å²) in [5.74, 6) is 2.59. The quantitative estimate of drug-likeness (QED) is 0.151. The fourth-order valence-corrected chi connectivity index (χ4v) is 12.9. The molecule has 0 radical (unpaired) electrons. The smallest absolute Gasteiger partial charge is 0.161 e. The van der Waals surface area contributed by atoms with Crippen LogP contribution in [0.3, 0.4) is 0 Å². The summed E-state index contributed by atoms with van der Waals surface area (Å²) >= 11 is 0. The third kappa shape index (κ3) is 8.00. The van der Waals surface area contributed by atoms with Crippen LogP contribution in [0.25, 0.3) is 98.8 Å². The number of para-hydroxylation sites is 3. The molecule has 85 heavy (non-hydrogen) atoms. The first kappa shape index (κ1) is 48.3. The van der Waals surface area contributed by atoms with Crippen LogP contribution in [0.5, 0.6) is 0 Å². The highest BCUT2D eigenvalue weighted by molar-refractivity contribution is 6.39. The summed E-state index contributed by atoms with van der Waals surface area (Å²) in [4.78, 5) is 21.9. The fraction of sp³-hybridized carbons (Fsp3) is 0.0263. The molecule has 5 heterocycles. The molecule has 400 valence electrons. The Labute approximate surface area is 488 Å². The molecule has 2 N–H and O–H groups in total. The summed E-state index contributed by atoms with van der Waals surface area (Å²) in [6.07, 6.45) is -0.917. The molecular formula is C76H50N8O. The minimum Gasteiger partial charge on any atom is -0.455 e. The van der Waals surface area contributed by atoms with Gasteiger partial charge in [0.1, 0.15) is 35.2 Å². The van der Waals surface area contributed by atoms with Gasteiger partial charge in [0.15, 0.2) is 11.7 Å². The summed E-state index contributed by atoms with van der Waals surface area (Å²) in [6, 6.07) is 98.2. The fourth-order valence-electron chi connectivity index (χ4n) is 12.9. The maximum absolute atomic E-state index is 7.27. The standard InChI is InChI=1S/C76H50N8O/c1-5-21-47(22-6-1)49-37-39-53(40-38-49)74-77-71(50-24-7-2-8-25-50)79-75(80-74)55-42-44-63(60(46-55)76-81-72(51-26-9-3-10-27-51)78-73(82-76)52-28-11-4-12-29-52)84-62-35-19-16-32-58(62)66-69(84)65-57-31-15-18-34-61(57)83(56-43-41-48-23-13-14-30-54(48)45-56)68(65)67-59-33-17-20-36-64(59)85-70(66)67/h1-46,72,74H,(H,77,79,80)(H,78,81,82). The zero-order valence-corrected chi connectivity index (χ0v) is 45.8. The van der Waals surface area contributed by atoms with Gasteiger partial charge in [0.25, 0.3) is 0 Å². The summed E-state index contributed by atoms with van der Waals surface area (Å²) in [6.45, 7) is 0. The normalized spacial score (nSPS) is 15.3. The summed E-state index contributed by atoms with van der Waals surface area (Å²) in [5.41, 5.74) is 15.6. The van der Waals surface area contributed by atoms with Crippen LogP contribution in [0.2, 0.25) is 0 Å². The van der Waals surface area contributed by atoms with Crippen molar-refractivity contribution in [3.8, 4) is 22.5 Å².